The number of halogens is 2. The van der Waals surface area contributed by atoms with Gasteiger partial charge in [0.15, 0.2) is 0 Å². The largest absolute Gasteiger partial charge is 0.487 e. The van der Waals surface area contributed by atoms with Gasteiger partial charge in [-0.2, -0.15) is 9.41 Å². The Kier molecular flexibility index (Phi) is 11.2. The molecule has 2 aliphatic rings. The second-order valence-corrected chi connectivity index (χ2v) is 15.6. The minimum Gasteiger partial charge on any atom is -0.487 e. The van der Waals surface area contributed by atoms with Crippen LogP contribution < -0.4 is 15.9 Å². The molecule has 0 bridgehead atoms. The molecule has 51 heavy (non-hydrogen) atoms. The van der Waals surface area contributed by atoms with Crippen molar-refractivity contribution in [3.63, 3.8) is 0 Å². The van der Waals surface area contributed by atoms with Gasteiger partial charge in [0.2, 0.25) is 21.8 Å². The summed E-state index contributed by atoms with van der Waals surface area (Å²) >= 11 is 13.3. The maximum Gasteiger partial charge on any atom is 0.245 e. The molecule has 0 spiro atoms. The Hall–Kier alpha value is -4.23. The summed E-state index contributed by atoms with van der Waals surface area (Å²) in [4.78, 5) is 32.8. The molecule has 1 aromatic heterocycles. The minimum absolute atomic E-state index is 0.0108. The number of rotatable bonds is 10. The molecule has 3 aromatic carbocycles. The first kappa shape index (κ1) is 36.6. The third-order valence-electron chi connectivity index (χ3n) is 9.51. The summed E-state index contributed by atoms with van der Waals surface area (Å²) in [6.45, 7) is 4.99. The van der Waals surface area contributed by atoms with Crippen molar-refractivity contribution in [2.45, 2.75) is 69.5 Å². The number of nitrogens with two attached hydrogens (primary N) is 1. The lowest BCUT2D eigenvalue weighted by atomic mass is 10.0. The van der Waals surface area contributed by atoms with Crippen LogP contribution in [0, 0.1) is 13.8 Å². The average molecular weight is 752 g/mol. The first-order valence-corrected chi connectivity index (χ1v) is 19.0. The van der Waals surface area contributed by atoms with E-state index < -0.39 is 16.1 Å². The van der Waals surface area contributed by atoms with E-state index in [-0.39, 0.29) is 52.4 Å². The molecule has 0 radical (unpaired) electrons. The number of fused-ring (bicyclic) bond motifs is 1. The predicted octanol–water partition coefficient (Wildman–Crippen LogP) is 5.53. The normalized spacial score (nSPS) is 17.3. The molecule has 0 aliphatic carbocycles. The topological polar surface area (TPSA) is 147 Å². The zero-order valence-corrected chi connectivity index (χ0v) is 30.8. The van der Waals surface area contributed by atoms with Crippen molar-refractivity contribution >= 4 is 62.2 Å². The van der Waals surface area contributed by atoms with Gasteiger partial charge in [-0.05, 0) is 80.5 Å². The molecule has 2 aliphatic heterocycles. The Morgan fingerprint density at radius 2 is 1.78 bits per heavy atom. The number of nitrogens with zero attached hydrogens (tertiary/aromatic N) is 4. The zero-order chi connectivity index (χ0) is 36.3. The summed E-state index contributed by atoms with van der Waals surface area (Å²) in [5.74, 6) is 5.38. The van der Waals surface area contributed by atoms with Crippen molar-refractivity contribution in [2.75, 3.05) is 19.6 Å². The third-order valence-corrected chi connectivity index (χ3v) is 12.4. The quantitative estimate of drug-likeness (QED) is 0.123. The number of hydrogen-bond acceptors (Lipinski definition) is 8. The highest BCUT2D eigenvalue weighted by Crippen LogP contribution is 2.37. The van der Waals surface area contributed by atoms with Crippen molar-refractivity contribution in [1.29, 1.82) is 0 Å². The molecular weight excluding hydrogens is 711 g/mol. The number of nitrogens with one attached hydrogen (secondary N) is 1. The van der Waals surface area contributed by atoms with Crippen LogP contribution in [0.2, 0.25) is 10.0 Å². The van der Waals surface area contributed by atoms with Gasteiger partial charge in [0.05, 0.1) is 17.7 Å². The number of likely N-dealkylation sites (tertiary alicyclic amines) is 1. The number of aromatic nitrogens is 1. The van der Waals surface area contributed by atoms with E-state index in [4.69, 9.17) is 33.8 Å². The van der Waals surface area contributed by atoms with Gasteiger partial charge in [0, 0.05) is 47.3 Å². The second kappa shape index (κ2) is 15.6. The van der Waals surface area contributed by atoms with Crippen molar-refractivity contribution in [3.8, 4) is 5.75 Å². The van der Waals surface area contributed by atoms with E-state index in [9.17, 15) is 18.0 Å². The summed E-state index contributed by atoms with van der Waals surface area (Å²) < 4.78 is 35.5. The number of carbonyl (C=O) groups is 2. The van der Waals surface area contributed by atoms with Crippen LogP contribution in [-0.4, -0.2) is 72.4 Å². The van der Waals surface area contributed by atoms with E-state index in [1.807, 2.05) is 56.3 Å². The van der Waals surface area contributed by atoms with Crippen molar-refractivity contribution in [1.82, 2.24) is 19.5 Å². The van der Waals surface area contributed by atoms with E-state index in [1.165, 1.54) is 22.7 Å². The highest BCUT2D eigenvalue weighted by Gasteiger charge is 2.41. The van der Waals surface area contributed by atoms with E-state index in [2.05, 4.69) is 15.4 Å². The Morgan fingerprint density at radius 3 is 2.51 bits per heavy atom. The van der Waals surface area contributed by atoms with E-state index in [0.717, 1.165) is 27.8 Å². The highest BCUT2D eigenvalue weighted by molar-refractivity contribution is 7.89. The van der Waals surface area contributed by atoms with Gasteiger partial charge in [0.25, 0.3) is 0 Å². The molecule has 1 atom stereocenters. The standard InChI is InChI=1S/C37H40Cl2N6O5S/c1-23-19-24(2)42-36-28(23)5-3-7-32(36)50-22-29-30(38)12-13-33(35(29)39)51(48,49)45-16-4-6-31(45)37(47)43-27-14-17-44(18-15-27)34(46)20-25-8-10-26(11-9-25)21-41-40/h3,5,7-13,19,21,27,31H,4,6,14-18,20,22,40H2,1-2H3,(H,43,47)/t31-/m0/s1. The summed E-state index contributed by atoms with van der Waals surface area (Å²) in [5, 5.41) is 7.72. The molecule has 3 heterocycles. The first-order valence-electron chi connectivity index (χ1n) is 16.8. The maximum atomic E-state index is 14.1. The van der Waals surface area contributed by atoms with Crippen LogP contribution in [0.4, 0.5) is 0 Å². The van der Waals surface area contributed by atoms with Crippen LogP contribution in [0.15, 0.2) is 70.7 Å². The number of piperidine rings is 1. The van der Waals surface area contributed by atoms with Crippen molar-refractivity contribution in [3.05, 3.63) is 98.7 Å². The predicted molar refractivity (Wildman–Crippen MR) is 199 cm³/mol. The molecule has 2 amide bonds. The molecule has 3 N–H and O–H groups in total. The monoisotopic (exact) mass is 750 g/mol. The molecule has 0 saturated carbocycles. The minimum atomic E-state index is -4.18. The molecule has 11 nitrogen and oxygen atoms in total. The molecule has 268 valence electrons. The number of hydrogen-bond donors (Lipinski definition) is 2. The molecule has 14 heteroatoms. The van der Waals surface area contributed by atoms with Gasteiger partial charge < -0.3 is 20.8 Å². The maximum absolute atomic E-state index is 14.1. The number of sulfonamides is 1. The van der Waals surface area contributed by atoms with Gasteiger partial charge in [-0.3, -0.25) is 9.59 Å². The highest BCUT2D eigenvalue weighted by atomic mass is 35.5. The summed E-state index contributed by atoms with van der Waals surface area (Å²) in [7, 11) is -4.18. The zero-order valence-electron chi connectivity index (χ0n) is 28.4. The van der Waals surface area contributed by atoms with Crippen LogP contribution in [0.25, 0.3) is 10.9 Å². The Balaban J connectivity index is 1.09. The number of amides is 2. The summed E-state index contributed by atoms with van der Waals surface area (Å²) in [6.07, 6.45) is 3.86. The third kappa shape index (κ3) is 7.99. The number of pyridine rings is 1. The summed E-state index contributed by atoms with van der Waals surface area (Å²) in [5.41, 5.74) is 4.66. The number of hydrazone groups is 1. The van der Waals surface area contributed by atoms with Crippen LogP contribution in [0.3, 0.4) is 0 Å². The number of ether oxygens (including phenoxy) is 1. The lowest BCUT2D eigenvalue weighted by Gasteiger charge is -2.33. The fourth-order valence-corrected chi connectivity index (χ4v) is 9.33. The van der Waals surface area contributed by atoms with Crippen LogP contribution in [0.1, 0.15) is 53.6 Å². The number of carbonyl (C=O) groups excluding carboxylic acids is 2. The second-order valence-electron chi connectivity index (χ2n) is 13.0. The van der Waals surface area contributed by atoms with E-state index >= 15 is 0 Å². The Labute approximate surface area is 307 Å². The Morgan fingerprint density at radius 1 is 1.04 bits per heavy atom. The molecular formula is C37H40Cl2N6O5S. The van der Waals surface area contributed by atoms with Gasteiger partial charge in [-0.15, -0.1) is 0 Å². The van der Waals surface area contributed by atoms with Crippen LogP contribution in [-0.2, 0) is 32.6 Å². The van der Waals surface area contributed by atoms with E-state index in [0.29, 0.717) is 55.6 Å². The first-order chi connectivity index (χ1) is 24.5. The Bertz CT molecular complexity index is 2090. The lowest BCUT2D eigenvalue weighted by Crippen LogP contribution is -2.52. The number of benzene rings is 3. The van der Waals surface area contributed by atoms with E-state index in [1.54, 1.807) is 11.0 Å². The van der Waals surface area contributed by atoms with Crippen LogP contribution >= 0.6 is 23.2 Å². The molecule has 4 aromatic rings. The molecule has 2 fully saturated rings. The fraction of sp³-hybridized carbons (Fsp3) is 0.351. The number of para-hydroxylation sites is 1. The molecule has 0 unspecified atom stereocenters. The number of aryl methyl sites for hydroxylation is 2. The fourth-order valence-electron chi connectivity index (χ4n) is 6.81. The molecule has 2 saturated heterocycles. The SMILES string of the molecule is Cc1cc(C)c2cccc(OCc3c(Cl)ccc(S(=O)(=O)N4CCC[C@H]4C(=O)NC4CCN(C(=O)Cc5ccc(C=NN)cc5)CC4)c3Cl)c2n1. The molecule has 6 rings (SSSR count). The van der Waals surface area contributed by atoms with Crippen LogP contribution in [0.5, 0.6) is 5.75 Å². The summed E-state index contributed by atoms with van der Waals surface area (Å²) in [6, 6.07) is 16.9. The van der Waals surface area contributed by atoms with Gasteiger partial charge >= 0.3 is 0 Å². The average Bonchev–Trinajstić information content (AvgIpc) is 3.61. The van der Waals surface area contributed by atoms with Gasteiger partial charge in [-0.1, -0.05) is 59.6 Å². The van der Waals surface area contributed by atoms with Gasteiger partial charge in [0.1, 0.15) is 28.8 Å². The smallest absolute Gasteiger partial charge is 0.245 e. The lowest BCUT2D eigenvalue weighted by molar-refractivity contribution is -0.131. The van der Waals surface area contributed by atoms with Crippen molar-refractivity contribution < 1.29 is 22.7 Å². The van der Waals surface area contributed by atoms with Gasteiger partial charge in [-0.25, -0.2) is 13.4 Å². The van der Waals surface area contributed by atoms with Crippen molar-refractivity contribution in [2.24, 2.45) is 10.9 Å².